The number of thioether (sulfide) groups is 1. The second-order valence-electron chi connectivity index (χ2n) is 14.6. The summed E-state index contributed by atoms with van der Waals surface area (Å²) in [6.45, 7) is 7.11. The Labute approximate surface area is 304 Å². The Balaban J connectivity index is 1.39. The van der Waals surface area contributed by atoms with Crippen molar-refractivity contribution in [1.82, 2.24) is 4.57 Å². The molecule has 0 N–H and O–H groups in total. The largest absolute Gasteiger partial charge is 0.309 e. The summed E-state index contributed by atoms with van der Waals surface area (Å²) < 4.78 is 2.54. The van der Waals surface area contributed by atoms with Crippen molar-refractivity contribution in [2.75, 3.05) is 6.26 Å². The Morgan fingerprint density at radius 1 is 0.510 bits per heavy atom. The third-order valence-electron chi connectivity index (χ3n) is 12.0. The van der Waals surface area contributed by atoms with E-state index in [9.17, 15) is 0 Å². The van der Waals surface area contributed by atoms with Crippen LogP contribution in [-0.4, -0.2) is 10.8 Å². The van der Waals surface area contributed by atoms with Gasteiger partial charge in [-0.1, -0.05) is 154 Å². The van der Waals surface area contributed by atoms with Gasteiger partial charge in [0.25, 0.3) is 0 Å². The van der Waals surface area contributed by atoms with E-state index in [0.29, 0.717) is 0 Å². The van der Waals surface area contributed by atoms with E-state index in [-0.39, 0.29) is 5.41 Å². The molecule has 1 aromatic heterocycles. The minimum atomic E-state index is -0.559. The summed E-state index contributed by atoms with van der Waals surface area (Å²) in [7, 11) is 0. The van der Waals surface area contributed by atoms with E-state index in [1.165, 1.54) is 93.6 Å². The standard InChI is InChI=1S/C49H39NS/c1-5-31-32(34-20-15-26-41-46(34)36-18-6-8-22-37(36)48(41,2)3)19-14-25-38(31)49(40-24-10-13-30-45(40)51-4)39-23-9-12-29-44(39)50-43-28-11-7-17-33(43)35-21-16-27-42(49)47(35)50/h6-30H,5H2,1-4H3. The van der Waals surface area contributed by atoms with Crippen LogP contribution in [0.15, 0.2) is 157 Å². The van der Waals surface area contributed by atoms with Gasteiger partial charge in [0, 0.05) is 21.1 Å². The topological polar surface area (TPSA) is 4.93 Å². The zero-order valence-electron chi connectivity index (χ0n) is 29.5. The molecular weight excluding hydrogens is 635 g/mol. The van der Waals surface area contributed by atoms with Crippen molar-refractivity contribution in [3.05, 3.63) is 191 Å². The molecule has 0 spiro atoms. The van der Waals surface area contributed by atoms with Crippen molar-refractivity contribution in [2.24, 2.45) is 0 Å². The molecule has 0 saturated heterocycles. The molecule has 10 rings (SSSR count). The van der Waals surface area contributed by atoms with Gasteiger partial charge in [-0.3, -0.25) is 0 Å². The number of rotatable bonds is 5. The molecule has 1 aliphatic carbocycles. The van der Waals surface area contributed by atoms with Crippen LogP contribution in [0.1, 0.15) is 59.7 Å². The first-order valence-electron chi connectivity index (χ1n) is 18.1. The van der Waals surface area contributed by atoms with Gasteiger partial charge in [-0.2, -0.15) is 0 Å². The fourth-order valence-electron chi connectivity index (χ4n) is 9.93. The quantitative estimate of drug-likeness (QED) is 0.165. The van der Waals surface area contributed by atoms with E-state index in [1.54, 1.807) is 0 Å². The monoisotopic (exact) mass is 673 g/mol. The van der Waals surface area contributed by atoms with Crippen molar-refractivity contribution in [3.8, 4) is 27.9 Å². The number of benzene rings is 7. The highest BCUT2D eigenvalue weighted by atomic mass is 32.2. The van der Waals surface area contributed by atoms with E-state index in [1.807, 2.05) is 11.8 Å². The Kier molecular flexibility index (Phi) is 6.64. The van der Waals surface area contributed by atoms with Crippen molar-refractivity contribution in [1.29, 1.82) is 0 Å². The zero-order chi connectivity index (χ0) is 34.5. The lowest BCUT2D eigenvalue weighted by Crippen LogP contribution is -2.37. The molecule has 1 unspecified atom stereocenters. The molecule has 0 radical (unpaired) electrons. The summed E-state index contributed by atoms with van der Waals surface area (Å²) in [4.78, 5) is 1.30. The minimum absolute atomic E-state index is 0.0597. The maximum absolute atomic E-state index is 2.54. The van der Waals surface area contributed by atoms with Gasteiger partial charge in [0.2, 0.25) is 0 Å². The van der Waals surface area contributed by atoms with E-state index in [0.717, 1.165) is 6.42 Å². The SMILES string of the molecule is CCc1c(-c2cccc3c2-c2ccccc2C3(C)C)cccc1C1(c2ccccc2SC)c2ccccc2-n2c3ccccc3c3cccc1c32. The summed E-state index contributed by atoms with van der Waals surface area (Å²) in [5, 5.41) is 2.60. The fraction of sp³-hybridized carbons (Fsp3) is 0.143. The molecule has 1 atom stereocenters. The van der Waals surface area contributed by atoms with Crippen LogP contribution < -0.4 is 0 Å². The first kappa shape index (κ1) is 30.5. The summed E-state index contributed by atoms with van der Waals surface area (Å²) in [6, 6.07) is 57.5. The summed E-state index contributed by atoms with van der Waals surface area (Å²) in [5.74, 6) is 0. The van der Waals surface area contributed by atoms with Gasteiger partial charge in [-0.15, -0.1) is 11.8 Å². The van der Waals surface area contributed by atoms with Gasteiger partial charge in [0.1, 0.15) is 0 Å². The molecule has 2 heterocycles. The molecule has 1 nitrogen and oxygen atoms in total. The third-order valence-corrected chi connectivity index (χ3v) is 12.8. The number of aromatic nitrogens is 1. The predicted molar refractivity (Wildman–Crippen MR) is 217 cm³/mol. The Hall–Kier alpha value is -5.31. The van der Waals surface area contributed by atoms with E-state index in [2.05, 4.69) is 183 Å². The van der Waals surface area contributed by atoms with Crippen LogP contribution in [-0.2, 0) is 17.3 Å². The molecule has 0 fully saturated rings. The second kappa shape index (κ2) is 11.1. The highest BCUT2D eigenvalue weighted by Gasteiger charge is 2.47. The maximum Gasteiger partial charge on any atom is 0.0756 e. The van der Waals surface area contributed by atoms with Gasteiger partial charge in [-0.05, 0) is 92.1 Å². The first-order valence-corrected chi connectivity index (χ1v) is 19.4. The summed E-state index contributed by atoms with van der Waals surface area (Å²) >= 11 is 1.85. The number of nitrogens with zero attached hydrogens (tertiary/aromatic N) is 1. The highest BCUT2D eigenvalue weighted by Crippen LogP contribution is 2.58. The van der Waals surface area contributed by atoms with Gasteiger partial charge in [-0.25, -0.2) is 0 Å². The zero-order valence-corrected chi connectivity index (χ0v) is 30.3. The minimum Gasteiger partial charge on any atom is -0.309 e. The Bertz CT molecular complexity index is 2710. The van der Waals surface area contributed by atoms with Crippen molar-refractivity contribution in [2.45, 2.75) is 42.9 Å². The molecule has 2 heteroatoms. The van der Waals surface area contributed by atoms with Gasteiger partial charge in [0.15, 0.2) is 0 Å². The Morgan fingerprint density at radius 3 is 1.92 bits per heavy atom. The van der Waals surface area contributed by atoms with Gasteiger partial charge < -0.3 is 4.57 Å². The lowest BCUT2D eigenvalue weighted by molar-refractivity contribution is 0.660. The molecule has 0 amide bonds. The highest BCUT2D eigenvalue weighted by molar-refractivity contribution is 7.98. The average molecular weight is 674 g/mol. The average Bonchev–Trinajstić information content (AvgIpc) is 3.65. The molecule has 0 bridgehead atoms. The molecule has 2 aliphatic rings. The molecule has 0 saturated carbocycles. The van der Waals surface area contributed by atoms with Gasteiger partial charge >= 0.3 is 0 Å². The van der Waals surface area contributed by atoms with Crippen LogP contribution in [0.5, 0.6) is 0 Å². The van der Waals surface area contributed by atoms with Crippen LogP contribution in [0, 0.1) is 0 Å². The third kappa shape index (κ3) is 3.89. The normalized spacial score (nSPS) is 16.6. The van der Waals surface area contributed by atoms with Crippen LogP contribution in [0.3, 0.4) is 0 Å². The smallest absolute Gasteiger partial charge is 0.0756 e. The number of hydrogen-bond donors (Lipinski definition) is 0. The van der Waals surface area contributed by atoms with E-state index in [4.69, 9.17) is 0 Å². The molecule has 51 heavy (non-hydrogen) atoms. The van der Waals surface area contributed by atoms with Crippen LogP contribution >= 0.6 is 11.8 Å². The van der Waals surface area contributed by atoms with Gasteiger partial charge in [0.05, 0.1) is 22.1 Å². The lowest BCUT2D eigenvalue weighted by Gasteiger charge is -2.43. The maximum atomic E-state index is 2.54. The summed E-state index contributed by atoms with van der Waals surface area (Å²) in [5.41, 5.74) is 18.2. The summed E-state index contributed by atoms with van der Waals surface area (Å²) in [6.07, 6.45) is 3.13. The predicted octanol–water partition coefficient (Wildman–Crippen LogP) is 12.7. The van der Waals surface area contributed by atoms with Crippen molar-refractivity contribution < 1.29 is 0 Å². The molecule has 1 aliphatic heterocycles. The Morgan fingerprint density at radius 2 is 1.10 bits per heavy atom. The van der Waals surface area contributed by atoms with Crippen LogP contribution in [0.25, 0.3) is 49.7 Å². The number of para-hydroxylation sites is 3. The van der Waals surface area contributed by atoms with Crippen molar-refractivity contribution in [3.63, 3.8) is 0 Å². The van der Waals surface area contributed by atoms with E-state index >= 15 is 0 Å². The number of fused-ring (bicyclic) bond motifs is 8. The lowest BCUT2D eigenvalue weighted by atomic mass is 9.61. The van der Waals surface area contributed by atoms with Crippen LogP contribution in [0.2, 0.25) is 0 Å². The van der Waals surface area contributed by atoms with E-state index < -0.39 is 5.41 Å². The van der Waals surface area contributed by atoms with Crippen molar-refractivity contribution >= 4 is 33.6 Å². The molecule has 7 aromatic carbocycles. The number of hydrogen-bond acceptors (Lipinski definition) is 1. The first-order chi connectivity index (χ1) is 25.0. The molecular formula is C49H39NS. The molecule has 246 valence electrons. The van der Waals surface area contributed by atoms with Crippen LogP contribution in [0.4, 0.5) is 0 Å². The fourth-order valence-corrected chi connectivity index (χ4v) is 10.6. The second-order valence-corrected chi connectivity index (χ2v) is 15.5. The molecule has 8 aromatic rings.